The number of para-hydroxylation sites is 1. The van der Waals surface area contributed by atoms with E-state index in [1.165, 1.54) is 11.1 Å². The molecule has 2 aromatic carbocycles. The SMILES string of the molecule is C=CNCCCc1cccc(CC)c1-n1nc2c(c1-c1ccc(C)c3[nH]ccc13)CN(c1ncc(C(F)(F)F)cn1)CC2. The number of aromatic amines is 1. The van der Waals surface area contributed by atoms with Gasteiger partial charge in [-0.2, -0.15) is 18.3 Å². The van der Waals surface area contributed by atoms with Crippen molar-refractivity contribution in [2.24, 2.45) is 0 Å². The molecule has 0 spiro atoms. The van der Waals surface area contributed by atoms with Crippen molar-refractivity contribution in [3.63, 3.8) is 0 Å². The van der Waals surface area contributed by atoms with E-state index in [-0.39, 0.29) is 5.95 Å². The molecular formula is C33H34F3N7. The number of hydrogen-bond acceptors (Lipinski definition) is 5. The number of nitrogens with zero attached hydrogens (tertiary/aromatic N) is 5. The average molecular weight is 586 g/mol. The molecule has 0 unspecified atom stereocenters. The summed E-state index contributed by atoms with van der Waals surface area (Å²) in [7, 11) is 0. The van der Waals surface area contributed by atoms with Crippen LogP contribution in [0.5, 0.6) is 0 Å². The number of alkyl halides is 3. The summed E-state index contributed by atoms with van der Waals surface area (Å²) in [6, 6.07) is 12.8. The molecule has 43 heavy (non-hydrogen) atoms. The molecule has 3 aromatic heterocycles. The second kappa shape index (κ2) is 11.6. The average Bonchev–Trinajstić information content (AvgIpc) is 3.65. The lowest BCUT2D eigenvalue weighted by atomic mass is 9.96. The van der Waals surface area contributed by atoms with Crippen molar-refractivity contribution in [2.75, 3.05) is 18.0 Å². The van der Waals surface area contributed by atoms with Gasteiger partial charge in [0.1, 0.15) is 0 Å². The summed E-state index contributed by atoms with van der Waals surface area (Å²) in [6.07, 6.45) is 4.17. The monoisotopic (exact) mass is 585 g/mol. The number of anilines is 1. The number of halogens is 3. The molecule has 0 amide bonds. The van der Waals surface area contributed by atoms with Crippen LogP contribution >= 0.6 is 0 Å². The first kappa shape index (κ1) is 28.5. The van der Waals surface area contributed by atoms with Crippen LogP contribution in [0.1, 0.15) is 46.9 Å². The van der Waals surface area contributed by atoms with Gasteiger partial charge < -0.3 is 15.2 Å². The standard InChI is InChI=1S/C33H34F3N7/c1-4-22-8-6-9-23(10-7-15-37-5-2)30(22)43-31(26-12-11-21(3)29-25(26)13-16-38-29)27-20-42(17-14-28(27)41-43)32-39-18-24(19-40-32)33(34,35)36/h5-6,8-9,11-13,16,18-19,37-38H,2,4,7,10,14-15,17,20H2,1,3H3. The highest BCUT2D eigenvalue weighted by molar-refractivity contribution is 5.97. The van der Waals surface area contributed by atoms with Crippen LogP contribution in [0.4, 0.5) is 19.1 Å². The Kier molecular flexibility index (Phi) is 7.68. The van der Waals surface area contributed by atoms with Gasteiger partial charge in [-0.1, -0.05) is 43.8 Å². The summed E-state index contributed by atoms with van der Waals surface area (Å²) in [4.78, 5) is 13.5. The van der Waals surface area contributed by atoms with E-state index in [9.17, 15) is 13.2 Å². The smallest absolute Gasteiger partial charge is 0.391 e. The molecule has 10 heteroatoms. The zero-order chi connectivity index (χ0) is 30.1. The topological polar surface area (TPSA) is 74.7 Å². The Bertz CT molecular complexity index is 1770. The fourth-order valence-electron chi connectivity index (χ4n) is 6.01. The molecular weight excluding hydrogens is 551 g/mol. The minimum absolute atomic E-state index is 0.275. The third-order valence-electron chi connectivity index (χ3n) is 8.18. The molecule has 7 nitrogen and oxygen atoms in total. The molecule has 6 rings (SSSR count). The highest BCUT2D eigenvalue weighted by Gasteiger charge is 2.33. The number of aryl methyl sites for hydroxylation is 3. The van der Waals surface area contributed by atoms with Gasteiger partial charge in [0.15, 0.2) is 0 Å². The zero-order valence-corrected chi connectivity index (χ0v) is 24.3. The lowest BCUT2D eigenvalue weighted by Crippen LogP contribution is -2.31. The van der Waals surface area contributed by atoms with Crippen molar-refractivity contribution in [1.29, 1.82) is 0 Å². The number of hydrogen-bond donors (Lipinski definition) is 2. The number of aromatic nitrogens is 5. The summed E-state index contributed by atoms with van der Waals surface area (Å²) in [5.41, 5.74) is 8.92. The highest BCUT2D eigenvalue weighted by Crippen LogP contribution is 2.39. The van der Waals surface area contributed by atoms with E-state index >= 15 is 0 Å². The normalized spacial score (nSPS) is 13.4. The van der Waals surface area contributed by atoms with E-state index < -0.39 is 11.7 Å². The van der Waals surface area contributed by atoms with Gasteiger partial charge in [0.25, 0.3) is 0 Å². The lowest BCUT2D eigenvalue weighted by molar-refractivity contribution is -0.138. The third-order valence-corrected chi connectivity index (χ3v) is 8.18. The third kappa shape index (κ3) is 5.37. The van der Waals surface area contributed by atoms with Gasteiger partial charge in [-0.3, -0.25) is 0 Å². The summed E-state index contributed by atoms with van der Waals surface area (Å²) in [6.45, 7) is 9.81. The largest absolute Gasteiger partial charge is 0.419 e. The maximum Gasteiger partial charge on any atom is 0.419 e. The predicted octanol–water partition coefficient (Wildman–Crippen LogP) is 6.93. The van der Waals surface area contributed by atoms with Gasteiger partial charge in [-0.05, 0) is 55.1 Å². The van der Waals surface area contributed by atoms with Crippen molar-refractivity contribution < 1.29 is 13.2 Å². The van der Waals surface area contributed by atoms with Crippen LogP contribution in [-0.4, -0.2) is 37.8 Å². The Balaban J connectivity index is 1.51. The number of nitrogens with one attached hydrogen (secondary N) is 2. The zero-order valence-electron chi connectivity index (χ0n) is 24.3. The van der Waals surface area contributed by atoms with Gasteiger partial charge in [-0.15, -0.1) is 0 Å². The second-order valence-electron chi connectivity index (χ2n) is 10.9. The van der Waals surface area contributed by atoms with Gasteiger partial charge in [0.2, 0.25) is 5.95 Å². The molecule has 4 heterocycles. The Morgan fingerprint density at radius 1 is 1.09 bits per heavy atom. The second-order valence-corrected chi connectivity index (χ2v) is 10.9. The van der Waals surface area contributed by atoms with E-state index in [0.717, 1.165) is 82.9 Å². The number of fused-ring (bicyclic) bond motifs is 2. The molecule has 1 aliphatic rings. The molecule has 0 atom stereocenters. The summed E-state index contributed by atoms with van der Waals surface area (Å²) < 4.78 is 41.7. The lowest BCUT2D eigenvalue weighted by Gasteiger charge is -2.27. The van der Waals surface area contributed by atoms with Crippen LogP contribution in [0, 0.1) is 6.92 Å². The van der Waals surface area contributed by atoms with Gasteiger partial charge in [-0.25, -0.2) is 14.6 Å². The summed E-state index contributed by atoms with van der Waals surface area (Å²) in [5.74, 6) is 0.275. The van der Waals surface area contributed by atoms with Crippen molar-refractivity contribution >= 4 is 16.9 Å². The Morgan fingerprint density at radius 3 is 2.63 bits per heavy atom. The number of benzene rings is 2. The Morgan fingerprint density at radius 2 is 1.88 bits per heavy atom. The van der Waals surface area contributed by atoms with E-state index in [2.05, 4.69) is 81.8 Å². The fraction of sp³-hybridized carbons (Fsp3) is 0.303. The number of H-pyrrole nitrogens is 1. The van der Waals surface area contributed by atoms with Crippen molar-refractivity contribution in [1.82, 2.24) is 30.0 Å². The molecule has 5 aromatic rings. The molecule has 2 N–H and O–H groups in total. The minimum Gasteiger partial charge on any atom is -0.391 e. The maximum atomic E-state index is 13.2. The van der Waals surface area contributed by atoms with Crippen LogP contribution in [0.3, 0.4) is 0 Å². The molecule has 0 bridgehead atoms. The van der Waals surface area contributed by atoms with Crippen molar-refractivity contribution in [2.45, 2.75) is 52.3 Å². The molecule has 0 fully saturated rings. The first-order chi connectivity index (χ1) is 20.8. The van der Waals surface area contributed by atoms with Crippen molar-refractivity contribution in [3.8, 4) is 16.9 Å². The molecule has 0 radical (unpaired) electrons. The minimum atomic E-state index is -4.48. The molecule has 1 aliphatic heterocycles. The summed E-state index contributed by atoms with van der Waals surface area (Å²) in [5, 5.41) is 9.55. The first-order valence-corrected chi connectivity index (χ1v) is 14.6. The van der Waals surface area contributed by atoms with Crippen LogP contribution < -0.4 is 10.2 Å². The maximum absolute atomic E-state index is 13.2. The number of rotatable bonds is 9. The summed E-state index contributed by atoms with van der Waals surface area (Å²) >= 11 is 0. The molecule has 0 saturated carbocycles. The molecule has 0 aliphatic carbocycles. The fourth-order valence-corrected chi connectivity index (χ4v) is 6.01. The van der Waals surface area contributed by atoms with E-state index in [4.69, 9.17) is 5.10 Å². The Hall–Kier alpha value is -4.60. The van der Waals surface area contributed by atoms with Crippen LogP contribution in [0.2, 0.25) is 0 Å². The van der Waals surface area contributed by atoms with Gasteiger partial charge in [0, 0.05) is 66.7 Å². The van der Waals surface area contributed by atoms with Gasteiger partial charge in [0.05, 0.1) is 22.6 Å². The van der Waals surface area contributed by atoms with Crippen LogP contribution in [0.15, 0.2) is 67.8 Å². The molecule has 222 valence electrons. The quantitative estimate of drug-likeness (QED) is 0.184. The Labute approximate surface area is 248 Å². The van der Waals surface area contributed by atoms with Crippen LogP contribution in [-0.2, 0) is 32.0 Å². The van der Waals surface area contributed by atoms with E-state index in [0.29, 0.717) is 19.5 Å². The van der Waals surface area contributed by atoms with E-state index in [1.54, 1.807) is 6.20 Å². The van der Waals surface area contributed by atoms with E-state index in [1.807, 2.05) is 11.1 Å². The van der Waals surface area contributed by atoms with Crippen molar-refractivity contribution in [3.05, 3.63) is 101 Å². The van der Waals surface area contributed by atoms with Gasteiger partial charge >= 0.3 is 6.18 Å². The predicted molar refractivity (Wildman–Crippen MR) is 163 cm³/mol. The highest BCUT2D eigenvalue weighted by atomic mass is 19.4. The molecule has 0 saturated heterocycles. The van der Waals surface area contributed by atoms with Crippen LogP contribution in [0.25, 0.3) is 27.8 Å². The first-order valence-electron chi connectivity index (χ1n) is 14.6.